The zero-order valence-corrected chi connectivity index (χ0v) is 10.9. The number of benzene rings is 1. The van der Waals surface area contributed by atoms with E-state index in [2.05, 4.69) is 5.32 Å². The van der Waals surface area contributed by atoms with Crippen LogP contribution in [0.4, 0.5) is 4.39 Å². The van der Waals surface area contributed by atoms with Gasteiger partial charge in [-0.25, -0.2) is 4.39 Å². The number of nitrogens with one attached hydrogen (secondary N) is 1. The molecule has 0 atom stereocenters. The molecule has 1 fully saturated rings. The van der Waals surface area contributed by atoms with Crippen LogP contribution in [0.2, 0.25) is 0 Å². The Hall–Kier alpha value is -0.580. The van der Waals surface area contributed by atoms with Crippen LogP contribution in [0.5, 0.6) is 0 Å². The van der Waals surface area contributed by atoms with E-state index in [1.807, 2.05) is 6.07 Å². The molecule has 0 radical (unpaired) electrons. The molecule has 0 bridgehead atoms. The van der Waals surface area contributed by atoms with E-state index in [1.165, 1.54) is 18.9 Å². The molecule has 4 heteroatoms. The van der Waals surface area contributed by atoms with Crippen molar-refractivity contribution in [3.63, 3.8) is 0 Å². The van der Waals surface area contributed by atoms with Crippen molar-refractivity contribution < 1.29 is 9.13 Å². The molecule has 1 aliphatic carbocycles. The first-order chi connectivity index (χ1) is 8.31. The summed E-state index contributed by atoms with van der Waals surface area (Å²) in [6.45, 7) is 1.32. The second-order valence-corrected chi connectivity index (χ2v) is 5.35. The number of halogens is 1. The number of methoxy groups -OCH3 is 1. The van der Waals surface area contributed by atoms with E-state index in [0.717, 1.165) is 16.2 Å². The first-order valence-corrected chi connectivity index (χ1v) is 6.92. The van der Waals surface area contributed by atoms with Gasteiger partial charge >= 0.3 is 0 Å². The largest absolute Gasteiger partial charge is 0.384 e. The normalized spacial score (nSPS) is 15.2. The number of hydrogen-bond donors (Lipinski definition) is 1. The van der Waals surface area contributed by atoms with Gasteiger partial charge in [0.15, 0.2) is 0 Å². The fourth-order valence-corrected chi connectivity index (χ4v) is 2.60. The summed E-state index contributed by atoms with van der Waals surface area (Å²) in [6, 6.07) is 5.88. The SMILES string of the molecule is COCCSc1cccc(F)c1CNC1CC1. The minimum atomic E-state index is -0.111. The fourth-order valence-electron chi connectivity index (χ4n) is 1.61. The highest BCUT2D eigenvalue weighted by Crippen LogP contribution is 2.26. The zero-order valence-electron chi connectivity index (χ0n) is 10.0. The van der Waals surface area contributed by atoms with Crippen LogP contribution in [-0.4, -0.2) is 25.5 Å². The van der Waals surface area contributed by atoms with E-state index in [9.17, 15) is 4.39 Å². The Kier molecular flexibility index (Phi) is 4.83. The van der Waals surface area contributed by atoms with Crippen LogP contribution >= 0.6 is 11.8 Å². The molecule has 2 nitrogen and oxygen atoms in total. The summed E-state index contributed by atoms with van der Waals surface area (Å²) in [4.78, 5) is 1.02. The fraction of sp³-hybridized carbons (Fsp3) is 0.538. The predicted molar refractivity (Wildman–Crippen MR) is 68.9 cm³/mol. The summed E-state index contributed by atoms with van der Waals surface area (Å²) < 4.78 is 18.8. The average molecular weight is 255 g/mol. The number of ether oxygens (including phenoxy) is 1. The zero-order chi connectivity index (χ0) is 12.1. The minimum Gasteiger partial charge on any atom is -0.384 e. The van der Waals surface area contributed by atoms with Gasteiger partial charge in [-0.2, -0.15) is 0 Å². The molecule has 1 N–H and O–H groups in total. The Morgan fingerprint density at radius 2 is 2.29 bits per heavy atom. The summed E-state index contributed by atoms with van der Waals surface area (Å²) in [5, 5.41) is 3.36. The third-order valence-corrected chi connectivity index (χ3v) is 3.83. The van der Waals surface area contributed by atoms with Crippen LogP contribution in [0.3, 0.4) is 0 Å². The van der Waals surface area contributed by atoms with Crippen molar-refractivity contribution in [2.75, 3.05) is 19.5 Å². The maximum atomic E-state index is 13.7. The highest BCUT2D eigenvalue weighted by molar-refractivity contribution is 7.99. The van der Waals surface area contributed by atoms with Crippen LogP contribution in [0, 0.1) is 5.82 Å². The Balaban J connectivity index is 1.98. The first kappa shape index (κ1) is 12.9. The summed E-state index contributed by atoms with van der Waals surface area (Å²) in [5.41, 5.74) is 0.792. The standard InChI is InChI=1S/C13H18FNOS/c1-16-7-8-17-13-4-2-3-12(14)11(13)9-15-10-5-6-10/h2-4,10,15H,5-9H2,1H3. The van der Waals surface area contributed by atoms with Gasteiger partial charge in [0.1, 0.15) is 5.82 Å². The van der Waals surface area contributed by atoms with Gasteiger partial charge in [0.05, 0.1) is 6.61 Å². The molecule has 0 aliphatic heterocycles. The van der Waals surface area contributed by atoms with Crippen LogP contribution in [0.25, 0.3) is 0 Å². The number of rotatable bonds is 7. The second kappa shape index (κ2) is 6.38. The van der Waals surface area contributed by atoms with Crippen LogP contribution in [0.1, 0.15) is 18.4 Å². The summed E-state index contributed by atoms with van der Waals surface area (Å²) in [6.07, 6.45) is 2.45. The van der Waals surface area contributed by atoms with E-state index in [0.29, 0.717) is 19.2 Å². The van der Waals surface area contributed by atoms with Crippen molar-refractivity contribution in [1.82, 2.24) is 5.32 Å². The molecule has 0 unspecified atom stereocenters. The molecule has 0 spiro atoms. The van der Waals surface area contributed by atoms with Gasteiger partial charge in [-0.3, -0.25) is 0 Å². The highest BCUT2D eigenvalue weighted by atomic mass is 32.2. The van der Waals surface area contributed by atoms with E-state index in [1.54, 1.807) is 24.9 Å². The summed E-state index contributed by atoms with van der Waals surface area (Å²) in [7, 11) is 1.68. The monoisotopic (exact) mass is 255 g/mol. The van der Waals surface area contributed by atoms with Crippen LogP contribution in [0.15, 0.2) is 23.1 Å². The lowest BCUT2D eigenvalue weighted by Gasteiger charge is -2.10. The maximum absolute atomic E-state index is 13.7. The van der Waals surface area contributed by atoms with Gasteiger partial charge in [-0.15, -0.1) is 11.8 Å². The van der Waals surface area contributed by atoms with Crippen LogP contribution < -0.4 is 5.32 Å². The molecule has 1 saturated carbocycles. The average Bonchev–Trinajstić information content (AvgIpc) is 3.12. The Labute approximate surface area is 106 Å². The van der Waals surface area contributed by atoms with E-state index >= 15 is 0 Å². The van der Waals surface area contributed by atoms with Gasteiger partial charge in [0, 0.05) is 35.9 Å². The third-order valence-electron chi connectivity index (χ3n) is 2.77. The van der Waals surface area contributed by atoms with Crippen molar-refractivity contribution in [2.24, 2.45) is 0 Å². The molecule has 2 rings (SSSR count). The summed E-state index contributed by atoms with van der Waals surface area (Å²) in [5.74, 6) is 0.747. The van der Waals surface area contributed by atoms with Gasteiger partial charge in [-0.1, -0.05) is 6.07 Å². The van der Waals surface area contributed by atoms with Crippen molar-refractivity contribution >= 4 is 11.8 Å². The molecule has 17 heavy (non-hydrogen) atoms. The molecule has 1 aliphatic rings. The van der Waals surface area contributed by atoms with Gasteiger partial charge in [0.2, 0.25) is 0 Å². The van der Waals surface area contributed by atoms with E-state index < -0.39 is 0 Å². The Morgan fingerprint density at radius 3 is 3.00 bits per heavy atom. The van der Waals surface area contributed by atoms with Crippen LogP contribution in [-0.2, 0) is 11.3 Å². The minimum absolute atomic E-state index is 0.111. The van der Waals surface area contributed by atoms with E-state index in [4.69, 9.17) is 4.74 Å². The molecule has 0 saturated heterocycles. The Bertz CT molecular complexity index is 368. The molecule has 0 heterocycles. The molecule has 1 aromatic rings. The lowest BCUT2D eigenvalue weighted by molar-refractivity contribution is 0.218. The first-order valence-electron chi connectivity index (χ1n) is 5.94. The third kappa shape index (κ3) is 3.98. The Morgan fingerprint density at radius 1 is 1.47 bits per heavy atom. The lowest BCUT2D eigenvalue weighted by atomic mass is 10.2. The van der Waals surface area contributed by atoms with Crippen molar-refractivity contribution in [3.8, 4) is 0 Å². The number of hydrogen-bond acceptors (Lipinski definition) is 3. The highest BCUT2D eigenvalue weighted by Gasteiger charge is 2.21. The smallest absolute Gasteiger partial charge is 0.128 e. The number of thioether (sulfide) groups is 1. The predicted octanol–water partition coefficient (Wildman–Crippen LogP) is 2.82. The quantitative estimate of drug-likeness (QED) is 0.598. The second-order valence-electron chi connectivity index (χ2n) is 4.21. The van der Waals surface area contributed by atoms with Crippen molar-refractivity contribution in [2.45, 2.75) is 30.3 Å². The molecule has 0 amide bonds. The van der Waals surface area contributed by atoms with Crippen molar-refractivity contribution in [3.05, 3.63) is 29.6 Å². The van der Waals surface area contributed by atoms with Gasteiger partial charge in [0.25, 0.3) is 0 Å². The molecule has 1 aromatic carbocycles. The molecule has 0 aromatic heterocycles. The van der Waals surface area contributed by atoms with E-state index in [-0.39, 0.29) is 5.82 Å². The molecule has 94 valence electrons. The molecular formula is C13H18FNOS. The topological polar surface area (TPSA) is 21.3 Å². The summed E-state index contributed by atoms with van der Waals surface area (Å²) >= 11 is 1.65. The van der Waals surface area contributed by atoms with Crippen molar-refractivity contribution in [1.29, 1.82) is 0 Å². The van der Waals surface area contributed by atoms with Gasteiger partial charge < -0.3 is 10.1 Å². The molecular weight excluding hydrogens is 237 g/mol. The maximum Gasteiger partial charge on any atom is 0.128 e. The lowest BCUT2D eigenvalue weighted by Crippen LogP contribution is -2.17. The van der Waals surface area contributed by atoms with Gasteiger partial charge in [-0.05, 0) is 25.0 Å².